The fourth-order valence-corrected chi connectivity index (χ4v) is 1.28. The molecule has 0 saturated carbocycles. The summed E-state index contributed by atoms with van der Waals surface area (Å²) >= 11 is 0. The van der Waals surface area contributed by atoms with Crippen LogP contribution in [0.3, 0.4) is 0 Å². The number of rotatable bonds is 5. The van der Waals surface area contributed by atoms with Crippen molar-refractivity contribution in [2.75, 3.05) is 27.8 Å². The normalized spacial score (nSPS) is 9.72. The number of carbonyl (C=O) groups excluding carboxylic acids is 2. The number of carbonyl (C=O) groups is 2. The first kappa shape index (κ1) is 14.0. The van der Waals surface area contributed by atoms with Gasteiger partial charge in [-0.15, -0.1) is 0 Å². The van der Waals surface area contributed by atoms with Gasteiger partial charge in [0.05, 0.1) is 25.7 Å². The zero-order valence-electron chi connectivity index (χ0n) is 10.8. The summed E-state index contributed by atoms with van der Waals surface area (Å²) in [5, 5.41) is 0. The standard InChI is InChI=1S/C13H17NO4/c1-14(2)12(15)8-9-18-11-6-4-10(5-7-11)13(16)17-3/h4-7H,8-9H2,1-3H3. The maximum Gasteiger partial charge on any atom is 0.337 e. The van der Waals surface area contributed by atoms with E-state index in [9.17, 15) is 9.59 Å². The van der Waals surface area contributed by atoms with Gasteiger partial charge < -0.3 is 14.4 Å². The van der Waals surface area contributed by atoms with Crippen molar-refractivity contribution in [3.8, 4) is 5.75 Å². The predicted octanol–water partition coefficient (Wildman–Crippen LogP) is 1.33. The lowest BCUT2D eigenvalue weighted by atomic mass is 10.2. The molecule has 0 aromatic heterocycles. The topological polar surface area (TPSA) is 55.8 Å². The quantitative estimate of drug-likeness (QED) is 0.741. The first-order chi connectivity index (χ1) is 8.54. The van der Waals surface area contributed by atoms with Gasteiger partial charge in [-0.1, -0.05) is 0 Å². The molecule has 0 N–H and O–H groups in total. The molecule has 0 atom stereocenters. The molecule has 0 unspecified atom stereocenters. The Morgan fingerprint density at radius 2 is 1.78 bits per heavy atom. The second-order valence-corrected chi connectivity index (χ2v) is 3.90. The van der Waals surface area contributed by atoms with Crippen molar-refractivity contribution in [1.29, 1.82) is 0 Å². The van der Waals surface area contributed by atoms with Gasteiger partial charge in [-0.05, 0) is 24.3 Å². The monoisotopic (exact) mass is 251 g/mol. The minimum Gasteiger partial charge on any atom is -0.493 e. The Hall–Kier alpha value is -2.04. The first-order valence-corrected chi connectivity index (χ1v) is 5.56. The number of hydrogen-bond acceptors (Lipinski definition) is 4. The average molecular weight is 251 g/mol. The highest BCUT2D eigenvalue weighted by atomic mass is 16.5. The fraction of sp³-hybridized carbons (Fsp3) is 0.385. The molecule has 5 heteroatoms. The Balaban J connectivity index is 2.45. The van der Waals surface area contributed by atoms with Gasteiger partial charge in [0.25, 0.3) is 0 Å². The van der Waals surface area contributed by atoms with Crippen LogP contribution < -0.4 is 4.74 Å². The Kier molecular flexibility index (Phi) is 5.17. The van der Waals surface area contributed by atoms with Crippen LogP contribution in [0.4, 0.5) is 0 Å². The smallest absolute Gasteiger partial charge is 0.337 e. The van der Waals surface area contributed by atoms with E-state index in [1.807, 2.05) is 0 Å². The van der Waals surface area contributed by atoms with Gasteiger partial charge in [0.1, 0.15) is 5.75 Å². The largest absolute Gasteiger partial charge is 0.493 e. The van der Waals surface area contributed by atoms with Crippen LogP contribution in [0.1, 0.15) is 16.8 Å². The van der Waals surface area contributed by atoms with Crippen molar-refractivity contribution in [3.05, 3.63) is 29.8 Å². The van der Waals surface area contributed by atoms with Gasteiger partial charge in [0, 0.05) is 14.1 Å². The number of benzene rings is 1. The molecule has 0 aliphatic heterocycles. The molecule has 1 amide bonds. The highest BCUT2D eigenvalue weighted by Gasteiger charge is 2.06. The highest BCUT2D eigenvalue weighted by Crippen LogP contribution is 2.13. The number of nitrogens with zero attached hydrogens (tertiary/aromatic N) is 1. The van der Waals surface area contributed by atoms with E-state index in [1.54, 1.807) is 38.4 Å². The number of hydrogen-bond donors (Lipinski definition) is 0. The lowest BCUT2D eigenvalue weighted by Gasteiger charge is -2.11. The minimum absolute atomic E-state index is 0.0150. The molecule has 0 aliphatic carbocycles. The number of ether oxygens (including phenoxy) is 2. The van der Waals surface area contributed by atoms with Crippen molar-refractivity contribution in [2.45, 2.75) is 6.42 Å². The summed E-state index contributed by atoms with van der Waals surface area (Å²) in [6.45, 7) is 0.314. The van der Waals surface area contributed by atoms with E-state index in [2.05, 4.69) is 4.74 Å². The van der Waals surface area contributed by atoms with Gasteiger partial charge in [0.2, 0.25) is 5.91 Å². The van der Waals surface area contributed by atoms with Crippen LogP contribution >= 0.6 is 0 Å². The molecule has 18 heavy (non-hydrogen) atoms. The fourth-order valence-electron chi connectivity index (χ4n) is 1.28. The molecule has 98 valence electrons. The summed E-state index contributed by atoms with van der Waals surface area (Å²) in [6.07, 6.45) is 0.325. The van der Waals surface area contributed by atoms with Gasteiger partial charge in [-0.3, -0.25) is 4.79 Å². The molecule has 0 bridgehead atoms. The zero-order chi connectivity index (χ0) is 13.5. The van der Waals surface area contributed by atoms with Crippen molar-refractivity contribution in [3.63, 3.8) is 0 Å². The minimum atomic E-state index is -0.385. The number of esters is 1. The second kappa shape index (κ2) is 6.64. The van der Waals surface area contributed by atoms with Crippen LogP contribution in [0, 0.1) is 0 Å². The molecule has 0 fully saturated rings. The molecular weight excluding hydrogens is 234 g/mol. The van der Waals surface area contributed by atoms with E-state index in [0.717, 1.165) is 0 Å². The summed E-state index contributed by atoms with van der Waals surface area (Å²) in [4.78, 5) is 24.0. The van der Waals surface area contributed by atoms with E-state index in [4.69, 9.17) is 4.74 Å². The lowest BCUT2D eigenvalue weighted by Crippen LogP contribution is -2.23. The van der Waals surface area contributed by atoms with Crippen LogP contribution in [-0.2, 0) is 9.53 Å². The zero-order valence-corrected chi connectivity index (χ0v) is 10.8. The van der Waals surface area contributed by atoms with Gasteiger partial charge in [-0.25, -0.2) is 4.79 Å². The maximum absolute atomic E-state index is 11.3. The Morgan fingerprint density at radius 1 is 1.17 bits per heavy atom. The summed E-state index contributed by atoms with van der Waals surface area (Å²) in [6, 6.07) is 6.59. The third kappa shape index (κ3) is 4.08. The molecule has 0 aliphatic rings. The van der Waals surface area contributed by atoms with E-state index in [1.165, 1.54) is 12.0 Å². The van der Waals surface area contributed by atoms with Gasteiger partial charge in [0.15, 0.2) is 0 Å². The molecule has 0 radical (unpaired) electrons. The number of amides is 1. The molecule has 1 rings (SSSR count). The molecule has 0 spiro atoms. The SMILES string of the molecule is COC(=O)c1ccc(OCCC(=O)N(C)C)cc1. The molecule has 5 nitrogen and oxygen atoms in total. The van der Waals surface area contributed by atoms with Crippen LogP contribution in [0.25, 0.3) is 0 Å². The predicted molar refractivity (Wildman–Crippen MR) is 66.6 cm³/mol. The summed E-state index contributed by atoms with van der Waals surface area (Å²) < 4.78 is 9.98. The van der Waals surface area contributed by atoms with Crippen LogP contribution in [0.15, 0.2) is 24.3 Å². The molecule has 1 aromatic rings. The summed E-state index contributed by atoms with van der Waals surface area (Å²) in [5.74, 6) is 0.250. The van der Waals surface area contributed by atoms with E-state index in [0.29, 0.717) is 24.3 Å². The second-order valence-electron chi connectivity index (χ2n) is 3.90. The molecule has 1 aromatic carbocycles. The maximum atomic E-state index is 11.3. The van der Waals surface area contributed by atoms with E-state index in [-0.39, 0.29) is 11.9 Å². The number of methoxy groups -OCH3 is 1. The van der Waals surface area contributed by atoms with Crippen molar-refractivity contribution in [1.82, 2.24) is 4.90 Å². The third-order valence-electron chi connectivity index (χ3n) is 2.36. The Morgan fingerprint density at radius 3 is 2.28 bits per heavy atom. The van der Waals surface area contributed by atoms with E-state index < -0.39 is 0 Å². The third-order valence-corrected chi connectivity index (χ3v) is 2.36. The molecule has 0 saturated heterocycles. The van der Waals surface area contributed by atoms with Gasteiger partial charge >= 0.3 is 5.97 Å². The Labute approximate surface area is 106 Å². The van der Waals surface area contributed by atoms with E-state index >= 15 is 0 Å². The Bertz CT molecular complexity index is 412. The van der Waals surface area contributed by atoms with Gasteiger partial charge in [-0.2, -0.15) is 0 Å². The average Bonchev–Trinajstić information content (AvgIpc) is 2.38. The molecule has 0 heterocycles. The van der Waals surface area contributed by atoms with Crippen LogP contribution in [-0.4, -0.2) is 44.6 Å². The lowest BCUT2D eigenvalue weighted by molar-refractivity contribution is -0.129. The first-order valence-electron chi connectivity index (χ1n) is 5.56. The molecular formula is C13H17NO4. The highest BCUT2D eigenvalue weighted by molar-refractivity contribution is 5.89. The van der Waals surface area contributed by atoms with Crippen molar-refractivity contribution < 1.29 is 19.1 Å². The van der Waals surface area contributed by atoms with Crippen LogP contribution in [0.2, 0.25) is 0 Å². The summed E-state index contributed by atoms with van der Waals surface area (Å²) in [7, 11) is 4.74. The van der Waals surface area contributed by atoms with Crippen molar-refractivity contribution >= 4 is 11.9 Å². The van der Waals surface area contributed by atoms with Crippen molar-refractivity contribution in [2.24, 2.45) is 0 Å². The summed E-state index contributed by atoms with van der Waals surface area (Å²) in [5.41, 5.74) is 0.467. The van der Waals surface area contributed by atoms with Crippen LogP contribution in [0.5, 0.6) is 5.75 Å².